The molecule has 3 heterocycles. The van der Waals surface area contributed by atoms with Crippen LogP contribution < -0.4 is 11.2 Å². The molecule has 0 bridgehead atoms. The molecule has 0 amide bonds. The number of halogens is 2. The highest BCUT2D eigenvalue weighted by Gasteiger charge is 2.51. The first-order valence-corrected chi connectivity index (χ1v) is 14.3. The van der Waals surface area contributed by atoms with Gasteiger partial charge in [0.15, 0.2) is 5.84 Å². The highest BCUT2D eigenvalue weighted by atomic mass is 35.5. The van der Waals surface area contributed by atoms with Crippen molar-refractivity contribution in [2.24, 2.45) is 21.4 Å². The summed E-state index contributed by atoms with van der Waals surface area (Å²) in [5.74, 6) is 5.77. The van der Waals surface area contributed by atoms with Crippen LogP contribution in [0.4, 0.5) is 10.1 Å². The number of rotatable bonds is 12. The van der Waals surface area contributed by atoms with Crippen molar-refractivity contribution in [1.29, 1.82) is 0 Å². The van der Waals surface area contributed by atoms with E-state index in [-0.39, 0.29) is 11.4 Å². The van der Waals surface area contributed by atoms with E-state index in [2.05, 4.69) is 34.3 Å². The van der Waals surface area contributed by atoms with Crippen molar-refractivity contribution in [3.63, 3.8) is 0 Å². The number of hydrogen-bond donors (Lipinski definition) is 2. The average Bonchev–Trinajstić information content (AvgIpc) is 3.32. The van der Waals surface area contributed by atoms with Crippen molar-refractivity contribution in [2.45, 2.75) is 33.1 Å². The van der Waals surface area contributed by atoms with Gasteiger partial charge in [-0.1, -0.05) is 18.5 Å². The van der Waals surface area contributed by atoms with Crippen LogP contribution in [0.15, 0.2) is 52.7 Å². The molecule has 0 unspecified atom stereocenters. The number of ether oxygens (including phenoxy) is 1. The predicted molar refractivity (Wildman–Crippen MR) is 162 cm³/mol. The zero-order chi connectivity index (χ0) is 29.4. The Hall–Kier alpha value is -3.34. The molecule has 0 radical (unpaired) electrons. The van der Waals surface area contributed by atoms with E-state index in [0.29, 0.717) is 59.5 Å². The summed E-state index contributed by atoms with van der Waals surface area (Å²) in [6.45, 7) is 9.26. The zero-order valence-corrected chi connectivity index (χ0v) is 24.8. The van der Waals surface area contributed by atoms with E-state index in [1.165, 1.54) is 12.1 Å². The number of benzene rings is 1. The Balaban J connectivity index is 1.55. The number of nitrogens with zero attached hydrogens (tertiary/aromatic N) is 5. The number of likely N-dealkylation sites (tertiary alicyclic amines) is 1. The number of amidine groups is 1. The largest absolute Gasteiger partial charge is 0.465 e. The van der Waals surface area contributed by atoms with Crippen molar-refractivity contribution in [3.8, 4) is 0 Å². The van der Waals surface area contributed by atoms with Crippen LogP contribution in [0.5, 0.6) is 0 Å². The Labute approximate surface area is 246 Å². The lowest BCUT2D eigenvalue weighted by Gasteiger charge is -2.47. The van der Waals surface area contributed by atoms with Crippen molar-refractivity contribution < 1.29 is 13.9 Å². The van der Waals surface area contributed by atoms with Crippen LogP contribution in [0.1, 0.15) is 37.9 Å². The van der Waals surface area contributed by atoms with Gasteiger partial charge in [-0.2, -0.15) is 5.10 Å². The zero-order valence-electron chi connectivity index (χ0n) is 24.0. The van der Waals surface area contributed by atoms with Gasteiger partial charge in [-0.3, -0.25) is 9.78 Å². The Morgan fingerprint density at radius 2 is 2.10 bits per heavy atom. The molecule has 41 heavy (non-hydrogen) atoms. The molecule has 4 rings (SSSR count). The third-order valence-electron chi connectivity index (χ3n) is 7.35. The Bertz CT molecular complexity index is 1320. The number of likely N-dealkylation sites (N-methyl/N-ethyl adjacent to an activating group) is 1. The van der Waals surface area contributed by atoms with Gasteiger partial charge in [0.25, 0.3) is 0 Å². The van der Waals surface area contributed by atoms with Gasteiger partial charge >= 0.3 is 5.97 Å². The molecule has 2 aliphatic heterocycles. The van der Waals surface area contributed by atoms with Crippen LogP contribution in [0.2, 0.25) is 5.02 Å². The van der Waals surface area contributed by atoms with Crippen LogP contribution in [0.25, 0.3) is 5.57 Å². The van der Waals surface area contributed by atoms with Gasteiger partial charge in [-0.25, -0.2) is 9.38 Å². The molecule has 1 aromatic carbocycles. The molecule has 2 aromatic rings. The molecule has 1 aromatic heterocycles. The SMILES string of the molecule is CCCN(C)CCNCCc1cc(N=C(/C=C(\C)c2cc(Cl)ccc2F)C(=NN)N2CC3(COC(=O)C3)C2)ccn1. The van der Waals surface area contributed by atoms with Gasteiger partial charge in [0.05, 0.1) is 17.5 Å². The van der Waals surface area contributed by atoms with Gasteiger partial charge in [-0.15, -0.1) is 0 Å². The second-order valence-electron chi connectivity index (χ2n) is 10.9. The van der Waals surface area contributed by atoms with Crippen molar-refractivity contribution >= 4 is 40.4 Å². The molecule has 2 saturated heterocycles. The van der Waals surface area contributed by atoms with E-state index in [9.17, 15) is 9.18 Å². The second kappa shape index (κ2) is 14.0. The lowest BCUT2D eigenvalue weighted by atomic mass is 9.79. The van der Waals surface area contributed by atoms with Gasteiger partial charge in [0, 0.05) is 61.6 Å². The molecular weight excluding hydrogens is 545 g/mol. The highest BCUT2D eigenvalue weighted by molar-refractivity contribution is 6.47. The fourth-order valence-electron chi connectivity index (χ4n) is 5.21. The second-order valence-corrected chi connectivity index (χ2v) is 11.3. The molecule has 220 valence electrons. The first kappa shape index (κ1) is 30.6. The minimum absolute atomic E-state index is 0.191. The number of aromatic nitrogens is 1. The molecule has 0 atom stereocenters. The summed E-state index contributed by atoms with van der Waals surface area (Å²) in [6.07, 6.45) is 5.75. The molecular formula is C30H39ClFN7O2. The maximum absolute atomic E-state index is 14.7. The number of carbonyl (C=O) groups excluding carboxylic acids is 1. The number of pyridine rings is 1. The van der Waals surface area contributed by atoms with E-state index >= 15 is 0 Å². The summed E-state index contributed by atoms with van der Waals surface area (Å²) in [4.78, 5) is 25.4. The van der Waals surface area contributed by atoms with Crippen molar-refractivity contribution in [2.75, 3.05) is 52.9 Å². The number of cyclic esters (lactones) is 1. The van der Waals surface area contributed by atoms with E-state index in [4.69, 9.17) is 27.2 Å². The third kappa shape index (κ3) is 8.12. The van der Waals surface area contributed by atoms with Crippen molar-refractivity contribution in [3.05, 3.63) is 64.7 Å². The lowest BCUT2D eigenvalue weighted by molar-refractivity contribution is -0.137. The standard InChI is InChI=1S/C30H39ClFN7O2/c1-4-12-38(3)13-11-34-9-7-23-16-24(8-10-35-23)36-27(14-21(2)25-15-22(31)5-6-26(25)32)29(37-33)39-18-30(19-39)17-28(40)41-20-30/h5-6,8,10,14-16,34H,4,7,9,11-13,17-20,33H2,1-3H3/b21-14+,36-27?,37-29?. The maximum atomic E-state index is 14.7. The fraction of sp³-hybridized carbons (Fsp3) is 0.467. The lowest BCUT2D eigenvalue weighted by Crippen LogP contribution is -2.60. The number of esters is 1. The number of carbonyl (C=O) groups is 1. The summed E-state index contributed by atoms with van der Waals surface area (Å²) in [5.41, 5.74) is 2.79. The van der Waals surface area contributed by atoms with Crippen LogP contribution in [0.3, 0.4) is 0 Å². The molecule has 3 N–H and O–H groups in total. The molecule has 2 aliphatic rings. The summed E-state index contributed by atoms with van der Waals surface area (Å²) in [6, 6.07) is 8.18. The van der Waals surface area contributed by atoms with Gasteiger partial charge in [0.2, 0.25) is 0 Å². The van der Waals surface area contributed by atoms with E-state index in [1.54, 1.807) is 25.3 Å². The summed E-state index contributed by atoms with van der Waals surface area (Å²) in [7, 11) is 2.13. The predicted octanol–water partition coefficient (Wildman–Crippen LogP) is 4.05. The van der Waals surface area contributed by atoms with Gasteiger partial charge in [0.1, 0.15) is 18.1 Å². The van der Waals surface area contributed by atoms with E-state index in [1.807, 2.05) is 17.0 Å². The Morgan fingerprint density at radius 1 is 1.29 bits per heavy atom. The van der Waals surface area contributed by atoms with E-state index in [0.717, 1.165) is 44.7 Å². The van der Waals surface area contributed by atoms with E-state index < -0.39 is 5.82 Å². The first-order chi connectivity index (χ1) is 19.7. The van der Waals surface area contributed by atoms with Gasteiger partial charge < -0.3 is 25.7 Å². The number of nitrogens with two attached hydrogens (primary N) is 1. The molecule has 1 spiro atoms. The summed E-state index contributed by atoms with van der Waals surface area (Å²) >= 11 is 6.16. The topological polar surface area (TPSA) is 108 Å². The molecule has 2 fully saturated rings. The number of allylic oxidation sites excluding steroid dienone is 1. The summed E-state index contributed by atoms with van der Waals surface area (Å²) < 4.78 is 19.9. The highest BCUT2D eigenvalue weighted by Crippen LogP contribution is 2.39. The maximum Gasteiger partial charge on any atom is 0.306 e. The number of hydrogen-bond acceptors (Lipinski definition) is 8. The number of aliphatic imine (C=N–C) groups is 1. The fourth-order valence-corrected chi connectivity index (χ4v) is 5.39. The Kier molecular flexibility index (Phi) is 10.5. The van der Waals surface area contributed by atoms with Gasteiger partial charge in [-0.05, 0) is 68.9 Å². The van der Waals surface area contributed by atoms with Crippen LogP contribution in [0, 0.1) is 11.2 Å². The molecule has 9 nitrogen and oxygen atoms in total. The van der Waals surface area contributed by atoms with Crippen molar-refractivity contribution in [1.82, 2.24) is 20.1 Å². The molecule has 0 aliphatic carbocycles. The quantitative estimate of drug-likeness (QED) is 0.0969. The molecule has 0 saturated carbocycles. The van der Waals surface area contributed by atoms with Crippen LogP contribution in [-0.2, 0) is 16.0 Å². The Morgan fingerprint density at radius 3 is 2.80 bits per heavy atom. The normalized spacial score (nSPS) is 17.4. The third-order valence-corrected chi connectivity index (χ3v) is 7.59. The van der Waals surface area contributed by atoms with Crippen LogP contribution >= 0.6 is 11.6 Å². The minimum atomic E-state index is -0.391. The number of nitrogens with one attached hydrogen (secondary N) is 1. The molecule has 11 heteroatoms. The summed E-state index contributed by atoms with van der Waals surface area (Å²) in [5, 5.41) is 7.98. The average molecular weight is 584 g/mol. The monoisotopic (exact) mass is 583 g/mol. The number of hydrazone groups is 1. The minimum Gasteiger partial charge on any atom is -0.465 e. The first-order valence-electron chi connectivity index (χ1n) is 14.0. The van der Waals surface area contributed by atoms with Crippen LogP contribution in [-0.4, -0.2) is 85.2 Å². The smallest absolute Gasteiger partial charge is 0.306 e.